The number of carbonyl (C=O) groups is 4. The van der Waals surface area contributed by atoms with E-state index in [-0.39, 0.29) is 5.57 Å². The molecule has 0 amide bonds. The number of allylic oxidation sites excluding steroid dienone is 1. The van der Waals surface area contributed by atoms with E-state index < -0.39 is 82.1 Å². The highest BCUT2D eigenvalue weighted by atomic mass is 35.5. The fraction of sp³-hybridized carbons (Fsp3) is 0.615. The van der Waals surface area contributed by atoms with Gasteiger partial charge in [-0.05, 0) is 31.6 Å². The summed E-state index contributed by atoms with van der Waals surface area (Å²) in [5.41, 5.74) is -5.44. The monoisotopic (exact) mass is 540 g/mol. The Morgan fingerprint density at radius 2 is 1.54 bits per heavy atom. The number of carbonyl (C=O) groups excluding carboxylic acids is 4. The Labute approximate surface area is 220 Å². The molecule has 0 aromatic rings. The lowest BCUT2D eigenvalue weighted by Crippen LogP contribution is -2.70. The first kappa shape index (κ1) is 28.9. The average molecular weight is 541 g/mol. The Hall–Kier alpha value is -2.69. The van der Waals surface area contributed by atoms with E-state index in [9.17, 15) is 29.4 Å². The third kappa shape index (κ3) is 4.82. The maximum Gasteiger partial charge on any atom is 0.312 e. The first-order chi connectivity index (χ1) is 17.0. The molecule has 0 radical (unpaired) electrons. The molecule has 204 valence electrons. The summed E-state index contributed by atoms with van der Waals surface area (Å²) in [6.07, 6.45) is 0.581. The molecule has 2 N–H and O–H groups in total. The largest absolute Gasteiger partial charge is 0.459 e. The zero-order valence-corrected chi connectivity index (χ0v) is 22.4. The van der Waals surface area contributed by atoms with Crippen molar-refractivity contribution in [2.45, 2.75) is 82.5 Å². The average Bonchev–Trinajstić information content (AvgIpc) is 3.00. The van der Waals surface area contributed by atoms with E-state index in [0.29, 0.717) is 0 Å². The number of fused-ring (bicyclic) bond motifs is 2. The SMILES string of the molecule is C=C1/C=C/[C@H](OC(C)=O)[C@@]2(C)C=C[C@@H](OC(C)=O)[C@](C)(O)[C@@H]2[C@H](OC(C)=O)[C@]2(O)[C@H](C)C(=O)O[C@H]2[C@@H]1Cl. The number of rotatable bonds is 3. The zero-order chi connectivity index (χ0) is 28.1. The molecule has 37 heavy (non-hydrogen) atoms. The van der Waals surface area contributed by atoms with Crippen molar-refractivity contribution in [3.05, 3.63) is 36.5 Å². The second kappa shape index (κ2) is 9.89. The molecule has 10 atom stereocenters. The Kier molecular flexibility index (Phi) is 7.71. The van der Waals surface area contributed by atoms with Gasteiger partial charge in [-0.1, -0.05) is 25.7 Å². The summed E-state index contributed by atoms with van der Waals surface area (Å²) in [6, 6.07) is 0. The van der Waals surface area contributed by atoms with Crippen LogP contribution in [0.5, 0.6) is 0 Å². The highest BCUT2D eigenvalue weighted by Gasteiger charge is 2.70. The van der Waals surface area contributed by atoms with Crippen LogP contribution in [-0.2, 0) is 38.1 Å². The van der Waals surface area contributed by atoms with E-state index in [0.717, 1.165) is 13.8 Å². The van der Waals surface area contributed by atoms with E-state index in [1.54, 1.807) is 13.0 Å². The summed E-state index contributed by atoms with van der Waals surface area (Å²) in [5.74, 6) is -5.56. The van der Waals surface area contributed by atoms with Gasteiger partial charge in [0.15, 0.2) is 11.7 Å². The number of hydrogen-bond acceptors (Lipinski definition) is 10. The number of halogens is 1. The molecule has 1 saturated heterocycles. The summed E-state index contributed by atoms with van der Waals surface area (Å²) >= 11 is 6.64. The molecule has 0 saturated carbocycles. The number of alkyl halides is 1. The van der Waals surface area contributed by atoms with Crippen LogP contribution in [0.15, 0.2) is 36.5 Å². The van der Waals surface area contributed by atoms with E-state index in [1.165, 1.54) is 39.0 Å². The molecule has 3 aliphatic rings. The Bertz CT molecular complexity index is 1060. The van der Waals surface area contributed by atoms with Crippen molar-refractivity contribution in [1.82, 2.24) is 0 Å². The summed E-state index contributed by atoms with van der Waals surface area (Å²) < 4.78 is 22.2. The van der Waals surface area contributed by atoms with Crippen molar-refractivity contribution in [1.29, 1.82) is 0 Å². The maximum atomic E-state index is 12.8. The highest BCUT2D eigenvalue weighted by Crippen LogP contribution is 2.55. The van der Waals surface area contributed by atoms with Gasteiger partial charge >= 0.3 is 23.9 Å². The third-order valence-corrected chi connectivity index (χ3v) is 8.12. The van der Waals surface area contributed by atoms with E-state index in [2.05, 4.69) is 6.58 Å². The summed E-state index contributed by atoms with van der Waals surface area (Å²) in [5, 5.41) is 23.1. The highest BCUT2D eigenvalue weighted by molar-refractivity contribution is 6.23. The van der Waals surface area contributed by atoms with Gasteiger partial charge in [0, 0.05) is 32.1 Å². The molecular weight excluding hydrogens is 508 g/mol. The lowest BCUT2D eigenvalue weighted by atomic mass is 9.55. The van der Waals surface area contributed by atoms with Crippen molar-refractivity contribution < 1.29 is 48.3 Å². The molecule has 3 rings (SSSR count). The first-order valence-electron chi connectivity index (χ1n) is 11.8. The van der Waals surface area contributed by atoms with Crippen LogP contribution in [-0.4, -0.2) is 75.1 Å². The predicted molar refractivity (Wildman–Crippen MR) is 130 cm³/mol. The van der Waals surface area contributed by atoms with Crippen LogP contribution in [0.2, 0.25) is 0 Å². The lowest BCUT2D eigenvalue weighted by molar-refractivity contribution is -0.242. The van der Waals surface area contributed by atoms with E-state index in [1.807, 2.05) is 0 Å². The topological polar surface area (TPSA) is 146 Å². The minimum atomic E-state index is -2.27. The summed E-state index contributed by atoms with van der Waals surface area (Å²) in [6.45, 7) is 11.8. The van der Waals surface area contributed by atoms with Crippen molar-refractivity contribution in [3.63, 3.8) is 0 Å². The van der Waals surface area contributed by atoms with Crippen molar-refractivity contribution in [3.8, 4) is 0 Å². The Morgan fingerprint density at radius 3 is 2.08 bits per heavy atom. The van der Waals surface area contributed by atoms with Crippen LogP contribution in [0.3, 0.4) is 0 Å². The lowest BCUT2D eigenvalue weighted by Gasteiger charge is -2.56. The fourth-order valence-corrected chi connectivity index (χ4v) is 6.08. The van der Waals surface area contributed by atoms with Crippen LogP contribution in [0.4, 0.5) is 0 Å². The van der Waals surface area contributed by atoms with Gasteiger partial charge in [0.05, 0.1) is 11.3 Å². The van der Waals surface area contributed by atoms with Gasteiger partial charge in [-0.15, -0.1) is 11.6 Å². The van der Waals surface area contributed by atoms with Gasteiger partial charge in [0.25, 0.3) is 0 Å². The van der Waals surface area contributed by atoms with Gasteiger partial charge in [-0.3, -0.25) is 19.2 Å². The van der Waals surface area contributed by atoms with Crippen molar-refractivity contribution in [2.75, 3.05) is 0 Å². The second-order valence-corrected chi connectivity index (χ2v) is 10.8. The van der Waals surface area contributed by atoms with Gasteiger partial charge in [0.1, 0.15) is 23.9 Å². The van der Waals surface area contributed by atoms with Crippen molar-refractivity contribution >= 4 is 35.5 Å². The number of aliphatic hydroxyl groups is 2. The van der Waals surface area contributed by atoms with E-state index in [4.69, 9.17) is 30.5 Å². The van der Waals surface area contributed by atoms with Crippen LogP contribution in [0, 0.1) is 17.3 Å². The quantitative estimate of drug-likeness (QED) is 0.235. The molecule has 2 aliphatic carbocycles. The second-order valence-electron chi connectivity index (χ2n) is 10.3. The molecular formula is C26H33ClO10. The third-order valence-electron chi connectivity index (χ3n) is 7.61. The number of ether oxygens (including phenoxy) is 4. The van der Waals surface area contributed by atoms with Crippen LogP contribution in [0.1, 0.15) is 41.5 Å². The molecule has 1 aliphatic heterocycles. The van der Waals surface area contributed by atoms with Crippen molar-refractivity contribution in [2.24, 2.45) is 17.3 Å². The van der Waals surface area contributed by atoms with Gasteiger partial charge in [0.2, 0.25) is 0 Å². The van der Waals surface area contributed by atoms with Gasteiger partial charge in [-0.2, -0.15) is 0 Å². The molecule has 1 fully saturated rings. The first-order valence-corrected chi connectivity index (χ1v) is 12.3. The molecule has 0 aromatic heterocycles. The smallest absolute Gasteiger partial charge is 0.312 e. The fourth-order valence-electron chi connectivity index (χ4n) is 5.76. The summed E-state index contributed by atoms with van der Waals surface area (Å²) in [4.78, 5) is 49.3. The number of esters is 4. The zero-order valence-electron chi connectivity index (χ0n) is 21.6. The standard InChI is InChI=1S/C26H33ClO10/c1-12-8-9-17(34-14(3)28)24(6)11-10-18(35-15(4)29)25(7,32)20(24)22(36-16(5)30)26(33)13(2)23(31)37-21(26)19(12)27/h8-11,13,17-22,32-33H,1H2,2-7H3/b9-8+/t13-,17+,18-,19-,20-,21+,22+,24-,25+,26+/m1/s1. The molecule has 11 heteroatoms. The predicted octanol–water partition coefficient (Wildman–Crippen LogP) is 1.75. The van der Waals surface area contributed by atoms with Crippen LogP contribution >= 0.6 is 11.6 Å². The molecule has 1 heterocycles. The maximum absolute atomic E-state index is 12.8. The van der Waals surface area contributed by atoms with Crippen LogP contribution in [0.25, 0.3) is 0 Å². The van der Waals surface area contributed by atoms with E-state index >= 15 is 0 Å². The Morgan fingerprint density at radius 1 is 1.00 bits per heavy atom. The van der Waals surface area contributed by atoms with Crippen LogP contribution < -0.4 is 0 Å². The summed E-state index contributed by atoms with van der Waals surface area (Å²) in [7, 11) is 0. The molecule has 0 aromatic carbocycles. The molecule has 0 unspecified atom stereocenters. The molecule has 0 spiro atoms. The Balaban J connectivity index is 2.42. The minimum absolute atomic E-state index is 0.233. The molecule has 10 nitrogen and oxygen atoms in total. The minimum Gasteiger partial charge on any atom is -0.459 e. The van der Waals surface area contributed by atoms with Gasteiger partial charge in [-0.25, -0.2) is 0 Å². The molecule has 0 bridgehead atoms. The van der Waals surface area contributed by atoms with Gasteiger partial charge < -0.3 is 29.2 Å². The number of hydrogen-bond donors (Lipinski definition) is 2. The normalized spacial score (nSPS) is 44.1.